The van der Waals surface area contributed by atoms with Crippen molar-refractivity contribution in [1.29, 1.82) is 0 Å². The second-order valence-corrected chi connectivity index (χ2v) is 3.38. The van der Waals surface area contributed by atoms with E-state index < -0.39 is 11.3 Å². The van der Waals surface area contributed by atoms with Crippen molar-refractivity contribution >= 4 is 11.3 Å². The van der Waals surface area contributed by atoms with E-state index in [9.17, 15) is 4.21 Å². The lowest BCUT2D eigenvalue weighted by Gasteiger charge is -2.02. The number of rotatable bonds is 3. The lowest BCUT2D eigenvalue weighted by molar-refractivity contribution is 0.554. The van der Waals surface area contributed by atoms with Gasteiger partial charge in [0.25, 0.3) is 11.3 Å². The van der Waals surface area contributed by atoms with Gasteiger partial charge in [0.2, 0.25) is 0 Å². The van der Waals surface area contributed by atoms with E-state index in [0.29, 0.717) is 5.75 Å². The standard InChI is InChI=1S/C8H11NO2S/c1-7-3-5-8(6-4-7)11-12(10)9-2/h3-6,9H,1-2H3. The molecule has 12 heavy (non-hydrogen) atoms. The molecular weight excluding hydrogens is 174 g/mol. The summed E-state index contributed by atoms with van der Waals surface area (Å²) in [5.41, 5.74) is 1.15. The van der Waals surface area contributed by atoms with E-state index in [0.717, 1.165) is 5.56 Å². The lowest BCUT2D eigenvalue weighted by atomic mass is 10.2. The number of nitrogens with one attached hydrogen (secondary N) is 1. The first-order valence-corrected chi connectivity index (χ1v) is 4.64. The first-order valence-electron chi connectivity index (χ1n) is 3.56. The lowest BCUT2D eigenvalue weighted by Crippen LogP contribution is -2.16. The van der Waals surface area contributed by atoms with Gasteiger partial charge in [0.15, 0.2) is 0 Å². The van der Waals surface area contributed by atoms with Crippen LogP contribution in [-0.4, -0.2) is 11.3 Å². The Balaban J connectivity index is 2.64. The van der Waals surface area contributed by atoms with E-state index in [-0.39, 0.29) is 0 Å². The maximum atomic E-state index is 10.8. The predicted molar refractivity (Wildman–Crippen MR) is 49.0 cm³/mol. The van der Waals surface area contributed by atoms with Crippen LogP contribution in [0.2, 0.25) is 0 Å². The van der Waals surface area contributed by atoms with E-state index >= 15 is 0 Å². The van der Waals surface area contributed by atoms with Crippen LogP contribution in [0.3, 0.4) is 0 Å². The highest BCUT2D eigenvalue weighted by Crippen LogP contribution is 2.11. The minimum absolute atomic E-state index is 0.605. The highest BCUT2D eigenvalue weighted by atomic mass is 32.2. The van der Waals surface area contributed by atoms with Crippen LogP contribution in [-0.2, 0) is 11.3 Å². The Hall–Kier alpha value is -0.870. The van der Waals surface area contributed by atoms with Gasteiger partial charge >= 0.3 is 0 Å². The van der Waals surface area contributed by atoms with Crippen LogP contribution in [0.15, 0.2) is 24.3 Å². The molecule has 0 fully saturated rings. The molecule has 0 radical (unpaired) electrons. The molecule has 0 aromatic heterocycles. The average Bonchev–Trinajstić information content (AvgIpc) is 2.09. The Morgan fingerprint density at radius 3 is 2.42 bits per heavy atom. The monoisotopic (exact) mass is 185 g/mol. The Bertz CT molecular complexity index is 271. The molecule has 1 aromatic rings. The summed E-state index contributed by atoms with van der Waals surface area (Å²) in [6.45, 7) is 1.98. The molecule has 0 aliphatic carbocycles. The Labute approximate surface area is 74.5 Å². The molecule has 1 unspecified atom stereocenters. The van der Waals surface area contributed by atoms with Gasteiger partial charge in [-0.15, -0.1) is 0 Å². The maximum Gasteiger partial charge on any atom is 0.287 e. The molecule has 0 heterocycles. The third-order valence-electron chi connectivity index (χ3n) is 1.36. The van der Waals surface area contributed by atoms with Gasteiger partial charge < -0.3 is 4.18 Å². The van der Waals surface area contributed by atoms with Crippen molar-refractivity contribution in [3.8, 4) is 5.75 Å². The highest BCUT2D eigenvalue weighted by Gasteiger charge is 1.97. The van der Waals surface area contributed by atoms with Crippen LogP contribution in [0.5, 0.6) is 5.75 Å². The van der Waals surface area contributed by atoms with Crippen LogP contribution < -0.4 is 8.91 Å². The molecule has 1 N–H and O–H groups in total. The molecule has 0 amide bonds. The second-order valence-electron chi connectivity index (χ2n) is 2.34. The molecule has 0 bridgehead atoms. The van der Waals surface area contributed by atoms with Crippen LogP contribution in [0, 0.1) is 6.92 Å². The molecule has 4 heteroatoms. The van der Waals surface area contributed by atoms with Gasteiger partial charge in [-0.25, -0.2) is 4.72 Å². The average molecular weight is 185 g/mol. The zero-order valence-electron chi connectivity index (χ0n) is 7.03. The summed E-state index contributed by atoms with van der Waals surface area (Å²) in [5, 5.41) is 0. The molecule has 1 rings (SSSR count). The molecular formula is C8H11NO2S. The summed E-state index contributed by atoms with van der Waals surface area (Å²) in [6.07, 6.45) is 0. The Kier molecular flexibility index (Phi) is 3.25. The van der Waals surface area contributed by atoms with Crippen LogP contribution in [0.1, 0.15) is 5.56 Å². The highest BCUT2D eigenvalue weighted by molar-refractivity contribution is 7.78. The SMILES string of the molecule is CNS(=O)Oc1ccc(C)cc1. The fourth-order valence-electron chi connectivity index (χ4n) is 0.723. The second kappa shape index (κ2) is 4.23. The van der Waals surface area contributed by atoms with E-state index in [2.05, 4.69) is 4.72 Å². The van der Waals surface area contributed by atoms with E-state index in [1.54, 1.807) is 19.2 Å². The molecule has 0 saturated carbocycles. The maximum absolute atomic E-state index is 10.8. The Morgan fingerprint density at radius 1 is 1.33 bits per heavy atom. The Morgan fingerprint density at radius 2 is 1.92 bits per heavy atom. The number of hydrogen-bond acceptors (Lipinski definition) is 2. The summed E-state index contributed by atoms with van der Waals surface area (Å²) in [7, 11) is 1.57. The summed E-state index contributed by atoms with van der Waals surface area (Å²) in [4.78, 5) is 0. The molecule has 0 aliphatic heterocycles. The van der Waals surface area contributed by atoms with Gasteiger partial charge in [-0.05, 0) is 26.1 Å². The summed E-state index contributed by atoms with van der Waals surface area (Å²) >= 11 is -1.43. The van der Waals surface area contributed by atoms with Gasteiger partial charge in [-0.3, -0.25) is 0 Å². The van der Waals surface area contributed by atoms with E-state index in [1.807, 2.05) is 19.1 Å². The zero-order valence-corrected chi connectivity index (χ0v) is 7.85. The molecule has 0 aliphatic rings. The van der Waals surface area contributed by atoms with Crippen molar-refractivity contribution in [2.45, 2.75) is 6.92 Å². The zero-order chi connectivity index (χ0) is 8.97. The number of benzene rings is 1. The predicted octanol–water partition coefficient (Wildman–Crippen LogP) is 1.17. The topological polar surface area (TPSA) is 38.3 Å². The molecule has 0 spiro atoms. The van der Waals surface area contributed by atoms with E-state index in [1.165, 1.54) is 0 Å². The third-order valence-corrected chi connectivity index (χ3v) is 2.04. The van der Waals surface area contributed by atoms with Crippen molar-refractivity contribution in [3.63, 3.8) is 0 Å². The molecule has 66 valence electrons. The molecule has 0 saturated heterocycles. The van der Waals surface area contributed by atoms with Gasteiger partial charge in [0.1, 0.15) is 5.75 Å². The van der Waals surface area contributed by atoms with Crippen LogP contribution in [0.25, 0.3) is 0 Å². The van der Waals surface area contributed by atoms with Crippen molar-refractivity contribution < 1.29 is 8.39 Å². The minimum Gasteiger partial charge on any atom is -0.389 e. The molecule has 1 aromatic carbocycles. The number of aryl methyl sites for hydroxylation is 1. The molecule has 1 atom stereocenters. The van der Waals surface area contributed by atoms with Crippen LogP contribution in [0.4, 0.5) is 0 Å². The van der Waals surface area contributed by atoms with Gasteiger partial charge in [0, 0.05) is 0 Å². The third kappa shape index (κ3) is 2.64. The van der Waals surface area contributed by atoms with Crippen molar-refractivity contribution in [3.05, 3.63) is 29.8 Å². The number of hydrogen-bond donors (Lipinski definition) is 1. The summed E-state index contributed by atoms with van der Waals surface area (Å²) < 4.78 is 18.3. The van der Waals surface area contributed by atoms with Gasteiger partial charge in [0.05, 0.1) is 0 Å². The van der Waals surface area contributed by atoms with Gasteiger partial charge in [-0.2, -0.15) is 4.21 Å². The summed E-state index contributed by atoms with van der Waals surface area (Å²) in [6, 6.07) is 7.37. The van der Waals surface area contributed by atoms with Crippen LogP contribution >= 0.6 is 0 Å². The first-order chi connectivity index (χ1) is 5.72. The van der Waals surface area contributed by atoms with Crippen molar-refractivity contribution in [2.24, 2.45) is 0 Å². The fourth-order valence-corrected chi connectivity index (χ4v) is 1.09. The van der Waals surface area contributed by atoms with Gasteiger partial charge in [-0.1, -0.05) is 17.7 Å². The molecule has 3 nitrogen and oxygen atoms in total. The fraction of sp³-hybridized carbons (Fsp3) is 0.250. The first kappa shape index (κ1) is 9.22. The van der Waals surface area contributed by atoms with E-state index in [4.69, 9.17) is 4.18 Å². The summed E-state index contributed by atoms with van der Waals surface area (Å²) in [5.74, 6) is 0.605. The largest absolute Gasteiger partial charge is 0.389 e. The van der Waals surface area contributed by atoms with Crippen molar-refractivity contribution in [2.75, 3.05) is 7.05 Å². The van der Waals surface area contributed by atoms with Crippen molar-refractivity contribution in [1.82, 2.24) is 4.72 Å². The minimum atomic E-state index is -1.43. The normalized spacial score (nSPS) is 12.5. The smallest absolute Gasteiger partial charge is 0.287 e. The quantitative estimate of drug-likeness (QED) is 0.767.